The molecule has 0 fully saturated rings. The Kier molecular flexibility index (Phi) is 3.54. The zero-order chi connectivity index (χ0) is 12.1. The maximum Gasteiger partial charge on any atom is 0.152 e. The fraction of sp³-hybridized carbons (Fsp3) is 0.364. The number of hydrogen-bond acceptors (Lipinski definition) is 5. The van der Waals surface area contributed by atoms with E-state index in [1.807, 2.05) is 19.2 Å². The average molecular weight is 233 g/mol. The number of methoxy groups -OCH3 is 1. The molecule has 6 heteroatoms. The SMILES string of the molecule is COc1ccc(NCCc2ncn(C)n2)nc1. The first-order valence-electron chi connectivity index (χ1n) is 5.36. The van der Waals surface area contributed by atoms with E-state index in [2.05, 4.69) is 20.4 Å². The number of aromatic nitrogens is 4. The molecule has 0 saturated carbocycles. The molecule has 0 aliphatic heterocycles. The van der Waals surface area contributed by atoms with Crippen molar-refractivity contribution < 1.29 is 4.74 Å². The predicted octanol–water partition coefficient (Wildman–Crippen LogP) is 0.873. The topological polar surface area (TPSA) is 64.9 Å². The molecular formula is C11H15N5O. The molecule has 0 saturated heterocycles. The maximum absolute atomic E-state index is 5.03. The minimum absolute atomic E-state index is 0.752. The normalized spacial score (nSPS) is 10.2. The highest BCUT2D eigenvalue weighted by molar-refractivity contribution is 5.37. The Hall–Kier alpha value is -2.11. The van der Waals surface area contributed by atoms with Crippen LogP contribution in [0.2, 0.25) is 0 Å². The van der Waals surface area contributed by atoms with Crippen LogP contribution < -0.4 is 10.1 Å². The summed E-state index contributed by atoms with van der Waals surface area (Å²) >= 11 is 0. The second-order valence-corrected chi connectivity index (χ2v) is 3.59. The first-order chi connectivity index (χ1) is 8.28. The first-order valence-corrected chi connectivity index (χ1v) is 5.36. The Labute approximate surface area is 99.7 Å². The Morgan fingerprint density at radius 3 is 2.82 bits per heavy atom. The van der Waals surface area contributed by atoms with Crippen molar-refractivity contribution >= 4 is 5.82 Å². The molecule has 0 atom stereocenters. The molecule has 0 radical (unpaired) electrons. The number of nitrogens with one attached hydrogen (secondary N) is 1. The van der Waals surface area contributed by atoms with Crippen LogP contribution in [0, 0.1) is 0 Å². The van der Waals surface area contributed by atoms with Crippen LogP contribution in [0.3, 0.4) is 0 Å². The molecule has 0 spiro atoms. The molecule has 6 nitrogen and oxygen atoms in total. The van der Waals surface area contributed by atoms with E-state index in [0.717, 1.165) is 30.4 Å². The number of rotatable bonds is 5. The molecule has 0 aromatic carbocycles. The number of anilines is 1. The molecule has 0 amide bonds. The lowest BCUT2D eigenvalue weighted by Crippen LogP contribution is -2.07. The standard InChI is InChI=1S/C11H15N5O/c1-16-8-14-11(15-16)5-6-12-10-4-3-9(17-2)7-13-10/h3-4,7-8H,5-6H2,1-2H3,(H,12,13). The molecule has 0 aliphatic carbocycles. The van der Waals surface area contributed by atoms with Crippen molar-refractivity contribution in [2.75, 3.05) is 19.0 Å². The largest absolute Gasteiger partial charge is 0.495 e. The zero-order valence-corrected chi connectivity index (χ0v) is 9.92. The van der Waals surface area contributed by atoms with Crippen molar-refractivity contribution in [3.05, 3.63) is 30.5 Å². The lowest BCUT2D eigenvalue weighted by atomic mass is 10.4. The summed E-state index contributed by atoms with van der Waals surface area (Å²) in [6.07, 6.45) is 4.15. The van der Waals surface area contributed by atoms with Crippen LogP contribution in [0.4, 0.5) is 5.82 Å². The summed E-state index contributed by atoms with van der Waals surface area (Å²) in [7, 11) is 3.48. The summed E-state index contributed by atoms with van der Waals surface area (Å²) in [5, 5.41) is 7.39. The van der Waals surface area contributed by atoms with Crippen LogP contribution in [-0.4, -0.2) is 33.4 Å². The molecule has 2 aromatic rings. The van der Waals surface area contributed by atoms with Crippen molar-refractivity contribution in [2.24, 2.45) is 7.05 Å². The Morgan fingerprint density at radius 1 is 1.35 bits per heavy atom. The van der Waals surface area contributed by atoms with Crippen LogP contribution in [0.25, 0.3) is 0 Å². The van der Waals surface area contributed by atoms with E-state index in [-0.39, 0.29) is 0 Å². The van der Waals surface area contributed by atoms with Crippen molar-refractivity contribution in [1.82, 2.24) is 19.7 Å². The van der Waals surface area contributed by atoms with Gasteiger partial charge in [-0.05, 0) is 12.1 Å². The van der Waals surface area contributed by atoms with Crippen molar-refractivity contribution in [1.29, 1.82) is 0 Å². The van der Waals surface area contributed by atoms with Gasteiger partial charge in [-0.15, -0.1) is 0 Å². The average Bonchev–Trinajstić information content (AvgIpc) is 2.76. The van der Waals surface area contributed by atoms with E-state index >= 15 is 0 Å². The van der Waals surface area contributed by atoms with Gasteiger partial charge in [0.25, 0.3) is 0 Å². The van der Waals surface area contributed by atoms with E-state index in [9.17, 15) is 0 Å². The van der Waals surface area contributed by atoms with Gasteiger partial charge in [0.05, 0.1) is 13.3 Å². The molecule has 0 bridgehead atoms. The second-order valence-electron chi connectivity index (χ2n) is 3.59. The number of nitrogens with zero attached hydrogens (tertiary/aromatic N) is 4. The highest BCUT2D eigenvalue weighted by atomic mass is 16.5. The predicted molar refractivity (Wildman–Crippen MR) is 64.0 cm³/mol. The van der Waals surface area contributed by atoms with E-state index in [1.54, 1.807) is 24.3 Å². The van der Waals surface area contributed by atoms with E-state index in [0.29, 0.717) is 0 Å². The molecule has 0 aliphatic rings. The Morgan fingerprint density at radius 2 is 2.24 bits per heavy atom. The third-order valence-corrected chi connectivity index (χ3v) is 2.27. The second kappa shape index (κ2) is 5.29. The van der Waals surface area contributed by atoms with Gasteiger partial charge in [0.2, 0.25) is 0 Å². The fourth-order valence-corrected chi connectivity index (χ4v) is 1.41. The number of ether oxygens (including phenoxy) is 1. The number of aryl methyl sites for hydroxylation is 1. The molecule has 90 valence electrons. The molecule has 2 aromatic heterocycles. The molecule has 2 rings (SSSR count). The van der Waals surface area contributed by atoms with Gasteiger partial charge in [0.1, 0.15) is 17.9 Å². The minimum Gasteiger partial charge on any atom is -0.495 e. The van der Waals surface area contributed by atoms with Gasteiger partial charge in [-0.3, -0.25) is 4.68 Å². The van der Waals surface area contributed by atoms with E-state index in [1.165, 1.54) is 0 Å². The third kappa shape index (κ3) is 3.17. The van der Waals surface area contributed by atoms with E-state index in [4.69, 9.17) is 4.74 Å². The summed E-state index contributed by atoms with van der Waals surface area (Å²) < 4.78 is 6.73. The van der Waals surface area contributed by atoms with Crippen molar-refractivity contribution in [2.45, 2.75) is 6.42 Å². The van der Waals surface area contributed by atoms with Gasteiger partial charge < -0.3 is 10.1 Å². The van der Waals surface area contributed by atoms with Gasteiger partial charge in [-0.1, -0.05) is 0 Å². The monoisotopic (exact) mass is 233 g/mol. The summed E-state index contributed by atoms with van der Waals surface area (Å²) in [5.74, 6) is 2.40. The molecular weight excluding hydrogens is 218 g/mol. The minimum atomic E-state index is 0.752. The Balaban J connectivity index is 1.81. The highest BCUT2D eigenvalue weighted by Crippen LogP contribution is 2.10. The summed E-state index contributed by atoms with van der Waals surface area (Å²) in [6, 6.07) is 3.75. The number of hydrogen-bond donors (Lipinski definition) is 1. The van der Waals surface area contributed by atoms with Crippen LogP contribution in [0.15, 0.2) is 24.7 Å². The highest BCUT2D eigenvalue weighted by Gasteiger charge is 1.99. The first kappa shape index (κ1) is 11.4. The lowest BCUT2D eigenvalue weighted by Gasteiger charge is -2.04. The quantitative estimate of drug-likeness (QED) is 0.830. The maximum atomic E-state index is 5.03. The van der Waals surface area contributed by atoms with Crippen molar-refractivity contribution in [3.63, 3.8) is 0 Å². The zero-order valence-electron chi connectivity index (χ0n) is 9.92. The van der Waals surface area contributed by atoms with Gasteiger partial charge in [-0.2, -0.15) is 5.10 Å². The Bertz CT molecular complexity index is 465. The number of pyridine rings is 1. The fourth-order valence-electron chi connectivity index (χ4n) is 1.41. The van der Waals surface area contributed by atoms with Crippen LogP contribution in [0.1, 0.15) is 5.82 Å². The van der Waals surface area contributed by atoms with Crippen LogP contribution in [0.5, 0.6) is 5.75 Å². The third-order valence-electron chi connectivity index (χ3n) is 2.27. The molecule has 1 N–H and O–H groups in total. The molecule has 0 unspecified atom stereocenters. The summed E-state index contributed by atoms with van der Waals surface area (Å²) in [6.45, 7) is 0.753. The van der Waals surface area contributed by atoms with Gasteiger partial charge >= 0.3 is 0 Å². The van der Waals surface area contributed by atoms with Crippen LogP contribution in [-0.2, 0) is 13.5 Å². The summed E-state index contributed by atoms with van der Waals surface area (Å²) in [4.78, 5) is 8.35. The van der Waals surface area contributed by atoms with Gasteiger partial charge in [0, 0.05) is 20.0 Å². The molecule has 17 heavy (non-hydrogen) atoms. The van der Waals surface area contributed by atoms with Gasteiger partial charge in [-0.25, -0.2) is 9.97 Å². The van der Waals surface area contributed by atoms with E-state index < -0.39 is 0 Å². The smallest absolute Gasteiger partial charge is 0.152 e. The van der Waals surface area contributed by atoms with Crippen molar-refractivity contribution in [3.8, 4) is 5.75 Å². The lowest BCUT2D eigenvalue weighted by molar-refractivity contribution is 0.413. The molecule has 2 heterocycles. The van der Waals surface area contributed by atoms with Crippen LogP contribution >= 0.6 is 0 Å². The summed E-state index contributed by atoms with van der Waals surface area (Å²) in [5.41, 5.74) is 0. The van der Waals surface area contributed by atoms with Gasteiger partial charge in [0.15, 0.2) is 5.82 Å².